The molecule has 0 radical (unpaired) electrons. The van der Waals surface area contributed by atoms with Gasteiger partial charge in [0.05, 0.1) is 23.0 Å². The molecule has 0 aliphatic carbocycles. The fourth-order valence-corrected chi connectivity index (χ4v) is 2.59. The van der Waals surface area contributed by atoms with E-state index in [0.29, 0.717) is 11.2 Å². The van der Waals surface area contributed by atoms with Crippen LogP contribution < -0.4 is 0 Å². The Balaban J connectivity index is 1.56. The summed E-state index contributed by atoms with van der Waals surface area (Å²) in [6.07, 6.45) is 0.0152. The molecule has 0 fully saturated rings. The highest BCUT2D eigenvalue weighted by atomic mass is 16.3. The summed E-state index contributed by atoms with van der Waals surface area (Å²) in [5, 5.41) is 18.2. The van der Waals surface area contributed by atoms with E-state index in [4.69, 9.17) is 0 Å². The zero-order valence-corrected chi connectivity index (χ0v) is 12.5. The van der Waals surface area contributed by atoms with Crippen molar-refractivity contribution in [3.05, 3.63) is 54.4 Å². The quantitative estimate of drug-likeness (QED) is 0.502. The van der Waals surface area contributed by atoms with Gasteiger partial charge in [0, 0.05) is 5.39 Å². The first-order chi connectivity index (χ1) is 11.7. The van der Waals surface area contributed by atoms with Crippen LogP contribution in [0, 0.1) is 0 Å². The van der Waals surface area contributed by atoms with Gasteiger partial charge in [-0.3, -0.25) is 4.79 Å². The number of hydrogen-bond acceptors (Lipinski definition) is 4. The molecule has 2 aromatic carbocycles. The summed E-state index contributed by atoms with van der Waals surface area (Å²) in [6, 6.07) is 14.8. The SMILES string of the molecule is O=C(Cc1nc2ccccc2[nH]1)N=Nc1c(O)[nH]c2ccccc12. The molecule has 24 heavy (non-hydrogen) atoms. The molecule has 0 bridgehead atoms. The van der Waals surface area contributed by atoms with Crippen LogP contribution in [0.1, 0.15) is 5.82 Å². The van der Waals surface area contributed by atoms with Crippen molar-refractivity contribution < 1.29 is 9.90 Å². The predicted octanol–water partition coefficient (Wildman–Crippen LogP) is 3.60. The van der Waals surface area contributed by atoms with Gasteiger partial charge in [0.2, 0.25) is 5.88 Å². The second-order valence-electron chi connectivity index (χ2n) is 5.34. The first-order valence-electron chi connectivity index (χ1n) is 7.38. The van der Waals surface area contributed by atoms with E-state index in [2.05, 4.69) is 25.2 Å². The molecule has 7 heteroatoms. The molecule has 0 saturated carbocycles. The molecule has 7 nitrogen and oxygen atoms in total. The van der Waals surface area contributed by atoms with Crippen molar-refractivity contribution in [1.82, 2.24) is 15.0 Å². The van der Waals surface area contributed by atoms with Gasteiger partial charge in [-0.2, -0.15) is 0 Å². The number of imidazole rings is 1. The number of nitrogens with one attached hydrogen (secondary N) is 2. The molecule has 2 aromatic heterocycles. The van der Waals surface area contributed by atoms with Crippen molar-refractivity contribution in [2.24, 2.45) is 10.2 Å². The van der Waals surface area contributed by atoms with Gasteiger partial charge in [0.25, 0.3) is 5.91 Å². The van der Waals surface area contributed by atoms with Crippen molar-refractivity contribution in [2.45, 2.75) is 6.42 Å². The molecular weight excluding hydrogens is 306 g/mol. The Kier molecular flexibility index (Phi) is 3.31. The van der Waals surface area contributed by atoms with E-state index in [1.807, 2.05) is 42.5 Å². The Hall–Kier alpha value is -3.48. The number of aromatic nitrogens is 3. The number of azo groups is 1. The second kappa shape index (κ2) is 5.62. The molecular formula is C17H13N5O2. The maximum atomic E-state index is 12.0. The minimum Gasteiger partial charge on any atom is -0.493 e. The number of nitrogens with zero attached hydrogens (tertiary/aromatic N) is 3. The van der Waals surface area contributed by atoms with Gasteiger partial charge in [0.15, 0.2) is 5.69 Å². The summed E-state index contributed by atoms with van der Waals surface area (Å²) in [5.74, 6) is -0.0291. The topological polar surface area (TPSA) is 106 Å². The van der Waals surface area contributed by atoms with Crippen LogP contribution in [0.3, 0.4) is 0 Å². The molecule has 0 atom stereocenters. The highest BCUT2D eigenvalue weighted by Crippen LogP contribution is 2.35. The largest absolute Gasteiger partial charge is 0.493 e. The Morgan fingerprint density at radius 3 is 2.62 bits per heavy atom. The maximum Gasteiger partial charge on any atom is 0.272 e. The number of para-hydroxylation sites is 3. The summed E-state index contributed by atoms with van der Waals surface area (Å²) in [6.45, 7) is 0. The third-order valence-electron chi connectivity index (χ3n) is 3.68. The van der Waals surface area contributed by atoms with Crippen LogP contribution in [0.4, 0.5) is 5.69 Å². The van der Waals surface area contributed by atoms with E-state index in [-0.39, 0.29) is 18.0 Å². The van der Waals surface area contributed by atoms with Crippen LogP contribution in [0.25, 0.3) is 21.9 Å². The summed E-state index contributed by atoms with van der Waals surface area (Å²) in [7, 11) is 0. The van der Waals surface area contributed by atoms with Crippen LogP contribution in [0.5, 0.6) is 5.88 Å². The maximum absolute atomic E-state index is 12.0. The van der Waals surface area contributed by atoms with Crippen LogP contribution in [0.2, 0.25) is 0 Å². The van der Waals surface area contributed by atoms with Crippen LogP contribution >= 0.6 is 0 Å². The number of benzene rings is 2. The average molecular weight is 319 g/mol. The number of carbonyl (C=O) groups is 1. The van der Waals surface area contributed by atoms with Crippen molar-refractivity contribution in [1.29, 1.82) is 0 Å². The molecule has 0 unspecified atom stereocenters. The molecule has 3 N–H and O–H groups in total. The number of amides is 1. The fraction of sp³-hybridized carbons (Fsp3) is 0.0588. The van der Waals surface area contributed by atoms with Crippen LogP contribution in [-0.2, 0) is 11.2 Å². The lowest BCUT2D eigenvalue weighted by molar-refractivity contribution is -0.117. The van der Waals surface area contributed by atoms with Crippen LogP contribution in [-0.4, -0.2) is 26.0 Å². The zero-order chi connectivity index (χ0) is 16.5. The first-order valence-corrected chi connectivity index (χ1v) is 7.38. The molecule has 1 amide bonds. The normalized spacial score (nSPS) is 11.7. The van der Waals surface area contributed by atoms with E-state index in [1.165, 1.54) is 0 Å². The molecule has 4 rings (SSSR count). The molecule has 4 aromatic rings. The standard InChI is InChI=1S/C17H13N5O2/c23-15(9-14-18-12-7-3-4-8-13(12)19-14)21-22-16-10-5-1-2-6-11(10)20-17(16)24/h1-8,20,24H,9H2,(H,18,19). The van der Waals surface area contributed by atoms with Crippen molar-refractivity contribution in [2.75, 3.05) is 0 Å². The van der Waals surface area contributed by atoms with Gasteiger partial charge in [-0.05, 0) is 18.2 Å². The third-order valence-corrected chi connectivity index (χ3v) is 3.68. The smallest absolute Gasteiger partial charge is 0.272 e. The molecule has 0 aliphatic heterocycles. The Morgan fingerprint density at radius 2 is 1.79 bits per heavy atom. The zero-order valence-electron chi connectivity index (χ0n) is 12.5. The first kappa shape index (κ1) is 14.1. The van der Waals surface area contributed by atoms with Gasteiger partial charge in [-0.15, -0.1) is 10.2 Å². The highest BCUT2D eigenvalue weighted by molar-refractivity contribution is 5.94. The van der Waals surface area contributed by atoms with E-state index >= 15 is 0 Å². The molecule has 0 saturated heterocycles. The monoisotopic (exact) mass is 319 g/mol. The second-order valence-corrected chi connectivity index (χ2v) is 5.34. The number of H-pyrrole nitrogens is 2. The van der Waals surface area contributed by atoms with Crippen LogP contribution in [0.15, 0.2) is 58.8 Å². The molecule has 0 aliphatic rings. The Morgan fingerprint density at radius 1 is 1.04 bits per heavy atom. The average Bonchev–Trinajstić information content (AvgIpc) is 3.12. The summed E-state index contributed by atoms with van der Waals surface area (Å²) < 4.78 is 0. The van der Waals surface area contributed by atoms with E-state index in [0.717, 1.165) is 16.6 Å². The lowest BCUT2D eigenvalue weighted by atomic mass is 10.2. The van der Waals surface area contributed by atoms with Crippen molar-refractivity contribution in [3.8, 4) is 5.88 Å². The lowest BCUT2D eigenvalue weighted by Gasteiger charge is -1.92. The number of carbonyl (C=O) groups excluding carboxylic acids is 1. The number of hydrogen-bond donors (Lipinski definition) is 3. The van der Waals surface area contributed by atoms with Crippen molar-refractivity contribution >= 4 is 33.5 Å². The fourth-order valence-electron chi connectivity index (χ4n) is 2.59. The van der Waals surface area contributed by atoms with E-state index in [9.17, 15) is 9.90 Å². The van der Waals surface area contributed by atoms with Gasteiger partial charge < -0.3 is 15.1 Å². The minimum absolute atomic E-state index is 0.0152. The summed E-state index contributed by atoms with van der Waals surface area (Å²) >= 11 is 0. The molecule has 2 heterocycles. The minimum atomic E-state index is -0.446. The van der Waals surface area contributed by atoms with Gasteiger partial charge in [0.1, 0.15) is 5.82 Å². The van der Waals surface area contributed by atoms with E-state index in [1.54, 1.807) is 6.07 Å². The van der Waals surface area contributed by atoms with Crippen molar-refractivity contribution in [3.63, 3.8) is 0 Å². The Bertz CT molecular complexity index is 1040. The highest BCUT2D eigenvalue weighted by Gasteiger charge is 2.11. The number of rotatable bonds is 3. The van der Waals surface area contributed by atoms with Gasteiger partial charge in [-0.1, -0.05) is 30.3 Å². The number of fused-ring (bicyclic) bond motifs is 2. The third kappa shape index (κ3) is 2.52. The van der Waals surface area contributed by atoms with Gasteiger partial charge in [-0.25, -0.2) is 4.98 Å². The molecule has 118 valence electrons. The number of aromatic amines is 2. The van der Waals surface area contributed by atoms with Gasteiger partial charge >= 0.3 is 0 Å². The summed E-state index contributed by atoms with van der Waals surface area (Å²) in [4.78, 5) is 22.2. The predicted molar refractivity (Wildman–Crippen MR) is 89.3 cm³/mol. The number of aromatic hydroxyl groups is 1. The Labute approximate surface area is 136 Å². The molecule has 0 spiro atoms. The summed E-state index contributed by atoms with van der Waals surface area (Å²) in [5.41, 5.74) is 2.65. The lowest BCUT2D eigenvalue weighted by Crippen LogP contribution is -1.99. The van der Waals surface area contributed by atoms with E-state index < -0.39 is 5.91 Å².